The molecule has 2 rings (SSSR count). The summed E-state index contributed by atoms with van der Waals surface area (Å²) in [4.78, 5) is 10.6. The topological polar surface area (TPSA) is 17.1 Å². The second-order valence-electron chi connectivity index (χ2n) is 3.35. The van der Waals surface area contributed by atoms with Gasteiger partial charge in [-0.25, -0.2) is 0 Å². The summed E-state index contributed by atoms with van der Waals surface area (Å²) in [6.07, 6.45) is 0.865. The van der Waals surface area contributed by atoms with Crippen molar-refractivity contribution in [2.45, 2.75) is 6.92 Å². The Kier molecular flexibility index (Phi) is 2.38. The van der Waals surface area contributed by atoms with E-state index in [1.807, 2.05) is 24.3 Å². The van der Waals surface area contributed by atoms with Gasteiger partial charge in [0.1, 0.15) is 6.29 Å². The summed E-state index contributed by atoms with van der Waals surface area (Å²) >= 11 is 3.46. The number of hydrogen-bond acceptors (Lipinski definition) is 1. The van der Waals surface area contributed by atoms with Crippen molar-refractivity contribution in [3.63, 3.8) is 0 Å². The van der Waals surface area contributed by atoms with Crippen molar-refractivity contribution in [3.8, 4) is 0 Å². The number of benzene rings is 2. The summed E-state index contributed by atoms with van der Waals surface area (Å²) in [5.74, 6) is 0. The Morgan fingerprint density at radius 3 is 2.71 bits per heavy atom. The van der Waals surface area contributed by atoms with Gasteiger partial charge in [0.05, 0.1) is 0 Å². The van der Waals surface area contributed by atoms with E-state index in [0.29, 0.717) is 5.56 Å². The van der Waals surface area contributed by atoms with Crippen molar-refractivity contribution < 1.29 is 4.79 Å². The molecule has 0 aromatic heterocycles. The molecule has 2 aromatic carbocycles. The van der Waals surface area contributed by atoms with Gasteiger partial charge < -0.3 is 0 Å². The van der Waals surface area contributed by atoms with Crippen LogP contribution in [0.25, 0.3) is 10.8 Å². The van der Waals surface area contributed by atoms with Crippen LogP contribution in [0.1, 0.15) is 15.9 Å². The highest BCUT2D eigenvalue weighted by Crippen LogP contribution is 2.26. The van der Waals surface area contributed by atoms with Crippen LogP contribution in [0.15, 0.2) is 34.8 Å². The van der Waals surface area contributed by atoms with Crippen LogP contribution in [-0.4, -0.2) is 6.29 Å². The van der Waals surface area contributed by atoms with E-state index in [0.717, 1.165) is 21.5 Å². The first-order valence-electron chi connectivity index (χ1n) is 4.36. The van der Waals surface area contributed by atoms with Crippen LogP contribution < -0.4 is 0 Å². The molecule has 0 atom stereocenters. The van der Waals surface area contributed by atoms with Gasteiger partial charge >= 0.3 is 0 Å². The molecule has 0 N–H and O–H groups in total. The highest BCUT2D eigenvalue weighted by atomic mass is 79.9. The number of hydrogen-bond donors (Lipinski definition) is 0. The maximum Gasteiger partial charge on any atom is 0.150 e. The van der Waals surface area contributed by atoms with Crippen molar-refractivity contribution in [1.82, 2.24) is 0 Å². The van der Waals surface area contributed by atoms with E-state index in [2.05, 4.69) is 28.9 Å². The minimum atomic E-state index is 0.702. The summed E-state index contributed by atoms with van der Waals surface area (Å²) in [5.41, 5.74) is 1.92. The summed E-state index contributed by atoms with van der Waals surface area (Å²) in [7, 11) is 0. The van der Waals surface area contributed by atoms with Crippen LogP contribution in [0.3, 0.4) is 0 Å². The minimum Gasteiger partial charge on any atom is -0.298 e. The highest BCUT2D eigenvalue weighted by molar-refractivity contribution is 9.10. The van der Waals surface area contributed by atoms with Gasteiger partial charge in [-0.3, -0.25) is 4.79 Å². The largest absolute Gasteiger partial charge is 0.298 e. The molecular weight excluding hydrogens is 240 g/mol. The first kappa shape index (κ1) is 9.41. The second kappa shape index (κ2) is 3.54. The third-order valence-electron chi connectivity index (χ3n) is 2.22. The van der Waals surface area contributed by atoms with Gasteiger partial charge in [-0.05, 0) is 29.8 Å². The lowest BCUT2D eigenvalue weighted by atomic mass is 10.1. The number of aldehydes is 1. The Bertz CT molecular complexity index is 503. The van der Waals surface area contributed by atoms with Crippen LogP contribution in [-0.2, 0) is 0 Å². The fourth-order valence-electron chi connectivity index (χ4n) is 1.52. The minimum absolute atomic E-state index is 0.702. The monoisotopic (exact) mass is 248 g/mol. The van der Waals surface area contributed by atoms with Gasteiger partial charge in [0.15, 0.2) is 0 Å². The van der Waals surface area contributed by atoms with E-state index in [4.69, 9.17) is 0 Å². The van der Waals surface area contributed by atoms with Crippen molar-refractivity contribution >= 4 is 33.0 Å². The van der Waals surface area contributed by atoms with Gasteiger partial charge in [0, 0.05) is 10.0 Å². The normalized spacial score (nSPS) is 10.4. The summed E-state index contributed by atoms with van der Waals surface area (Å²) in [5, 5.41) is 2.24. The summed E-state index contributed by atoms with van der Waals surface area (Å²) in [6.45, 7) is 2.06. The number of halogens is 1. The molecule has 2 heteroatoms. The first-order chi connectivity index (χ1) is 6.70. The van der Waals surface area contributed by atoms with E-state index in [1.165, 1.54) is 5.56 Å². The van der Waals surface area contributed by atoms with Crippen LogP contribution in [0, 0.1) is 6.92 Å². The molecule has 0 radical (unpaired) electrons. The number of carbonyl (C=O) groups excluding carboxylic acids is 1. The number of rotatable bonds is 1. The zero-order valence-electron chi connectivity index (χ0n) is 7.75. The maximum atomic E-state index is 10.6. The van der Waals surface area contributed by atoms with Crippen molar-refractivity contribution in [3.05, 3.63) is 45.9 Å². The molecule has 0 saturated carbocycles. The molecule has 0 saturated heterocycles. The summed E-state index contributed by atoms with van der Waals surface area (Å²) < 4.78 is 0.973. The van der Waals surface area contributed by atoms with Gasteiger partial charge in [-0.1, -0.05) is 39.7 Å². The molecule has 0 bridgehead atoms. The standard InChI is InChI=1S/C12H9BrO/c1-8-2-3-10-5-9(7-14)6-12(13)11(10)4-8/h2-7H,1H3. The molecule has 70 valence electrons. The molecule has 0 aliphatic rings. The van der Waals surface area contributed by atoms with Gasteiger partial charge in [0.2, 0.25) is 0 Å². The number of fused-ring (bicyclic) bond motifs is 1. The second-order valence-corrected chi connectivity index (χ2v) is 4.20. The first-order valence-corrected chi connectivity index (χ1v) is 5.15. The van der Waals surface area contributed by atoms with E-state index >= 15 is 0 Å². The lowest BCUT2D eigenvalue weighted by Gasteiger charge is -2.03. The van der Waals surface area contributed by atoms with Crippen molar-refractivity contribution in [2.24, 2.45) is 0 Å². The predicted octanol–water partition coefficient (Wildman–Crippen LogP) is 3.72. The Morgan fingerprint density at radius 2 is 2.00 bits per heavy atom. The zero-order valence-corrected chi connectivity index (χ0v) is 9.34. The molecule has 0 amide bonds. The Labute approximate surface area is 90.9 Å². The molecule has 0 spiro atoms. The van der Waals surface area contributed by atoms with Gasteiger partial charge in [-0.15, -0.1) is 0 Å². The van der Waals surface area contributed by atoms with Gasteiger partial charge in [-0.2, -0.15) is 0 Å². The van der Waals surface area contributed by atoms with Crippen molar-refractivity contribution in [2.75, 3.05) is 0 Å². The molecule has 0 aliphatic carbocycles. The maximum absolute atomic E-state index is 10.6. The van der Waals surface area contributed by atoms with Crippen LogP contribution >= 0.6 is 15.9 Å². The third kappa shape index (κ3) is 1.58. The smallest absolute Gasteiger partial charge is 0.150 e. The predicted molar refractivity (Wildman–Crippen MR) is 61.8 cm³/mol. The number of aryl methyl sites for hydroxylation is 1. The molecule has 2 aromatic rings. The molecule has 0 aliphatic heterocycles. The Hall–Kier alpha value is -1.15. The summed E-state index contributed by atoms with van der Waals surface area (Å²) in [6, 6.07) is 9.92. The van der Waals surface area contributed by atoms with E-state index in [1.54, 1.807) is 0 Å². The molecule has 0 heterocycles. The van der Waals surface area contributed by atoms with Crippen LogP contribution in [0.5, 0.6) is 0 Å². The van der Waals surface area contributed by atoms with E-state index < -0.39 is 0 Å². The lowest BCUT2D eigenvalue weighted by molar-refractivity contribution is 0.112. The Balaban J connectivity index is 2.82. The van der Waals surface area contributed by atoms with E-state index in [-0.39, 0.29) is 0 Å². The molecule has 0 unspecified atom stereocenters. The molecule has 1 nitrogen and oxygen atoms in total. The van der Waals surface area contributed by atoms with Gasteiger partial charge in [0.25, 0.3) is 0 Å². The fraction of sp³-hybridized carbons (Fsp3) is 0.0833. The Morgan fingerprint density at radius 1 is 1.21 bits per heavy atom. The number of carbonyl (C=O) groups is 1. The van der Waals surface area contributed by atoms with Crippen molar-refractivity contribution in [1.29, 1.82) is 0 Å². The average molecular weight is 249 g/mol. The zero-order chi connectivity index (χ0) is 10.1. The van der Waals surface area contributed by atoms with E-state index in [9.17, 15) is 4.79 Å². The van der Waals surface area contributed by atoms with Crippen LogP contribution in [0.2, 0.25) is 0 Å². The molecule has 14 heavy (non-hydrogen) atoms. The van der Waals surface area contributed by atoms with Crippen LogP contribution in [0.4, 0.5) is 0 Å². The fourth-order valence-corrected chi connectivity index (χ4v) is 2.12. The highest BCUT2D eigenvalue weighted by Gasteiger charge is 2.01. The molecule has 0 fully saturated rings. The molecular formula is C12H9BrO. The lowest BCUT2D eigenvalue weighted by Crippen LogP contribution is -1.83. The quantitative estimate of drug-likeness (QED) is 0.704. The third-order valence-corrected chi connectivity index (χ3v) is 2.87. The SMILES string of the molecule is Cc1ccc2cc(C=O)cc(Br)c2c1. The average Bonchev–Trinajstić information content (AvgIpc) is 2.19.